The van der Waals surface area contributed by atoms with Gasteiger partial charge >= 0.3 is 6.18 Å². The molecule has 0 N–H and O–H groups in total. The maximum atomic E-state index is 13.1. The Morgan fingerprint density at radius 1 is 1.41 bits per heavy atom. The van der Waals surface area contributed by atoms with Crippen molar-refractivity contribution in [2.45, 2.75) is 25.2 Å². The molecule has 1 fully saturated rings. The molecule has 8 heteroatoms. The Balaban J connectivity index is 2.22. The largest absolute Gasteiger partial charge is 0.416 e. The SMILES string of the molecule is CN(C)C1CCN(Cc2ccc([N+](=O)[O-])cc2C(F)(F)F)C1. The summed E-state index contributed by atoms with van der Waals surface area (Å²) in [6.45, 7) is 1.57. The second kappa shape index (κ2) is 6.21. The topological polar surface area (TPSA) is 49.6 Å². The summed E-state index contributed by atoms with van der Waals surface area (Å²) in [6.07, 6.45) is -3.69. The first kappa shape index (κ1) is 16.7. The van der Waals surface area contributed by atoms with Crippen molar-refractivity contribution in [1.82, 2.24) is 9.80 Å². The van der Waals surface area contributed by atoms with Crippen molar-refractivity contribution in [3.63, 3.8) is 0 Å². The molecular weight excluding hydrogens is 299 g/mol. The molecule has 1 aliphatic rings. The molecule has 5 nitrogen and oxygen atoms in total. The van der Waals surface area contributed by atoms with Gasteiger partial charge in [0.1, 0.15) is 0 Å². The summed E-state index contributed by atoms with van der Waals surface area (Å²) in [5.41, 5.74) is -1.38. The van der Waals surface area contributed by atoms with Gasteiger partial charge in [-0.05, 0) is 26.1 Å². The molecule has 1 saturated heterocycles. The van der Waals surface area contributed by atoms with Crippen molar-refractivity contribution >= 4 is 5.69 Å². The summed E-state index contributed by atoms with van der Waals surface area (Å²) in [5.74, 6) is 0. The lowest BCUT2D eigenvalue weighted by Crippen LogP contribution is -2.31. The molecular formula is C14H18F3N3O2. The number of non-ortho nitro benzene ring substituents is 1. The molecule has 1 aliphatic heterocycles. The third kappa shape index (κ3) is 3.75. The highest BCUT2D eigenvalue weighted by Crippen LogP contribution is 2.35. The first-order valence-corrected chi connectivity index (χ1v) is 6.92. The molecule has 0 saturated carbocycles. The molecule has 1 unspecified atom stereocenters. The van der Waals surface area contributed by atoms with Crippen LogP contribution in [0.4, 0.5) is 18.9 Å². The molecule has 2 rings (SSSR count). The van der Waals surface area contributed by atoms with Gasteiger partial charge in [0.05, 0.1) is 10.5 Å². The lowest BCUT2D eigenvalue weighted by atomic mass is 10.1. The van der Waals surface area contributed by atoms with Gasteiger partial charge in [0.15, 0.2) is 0 Å². The van der Waals surface area contributed by atoms with Crippen molar-refractivity contribution < 1.29 is 18.1 Å². The van der Waals surface area contributed by atoms with Gasteiger partial charge in [0, 0.05) is 37.8 Å². The van der Waals surface area contributed by atoms with Crippen LogP contribution in [0.3, 0.4) is 0 Å². The zero-order chi connectivity index (χ0) is 16.5. The van der Waals surface area contributed by atoms with Crippen LogP contribution in [-0.2, 0) is 12.7 Å². The number of hydrogen-bond donors (Lipinski definition) is 0. The van der Waals surface area contributed by atoms with Crippen LogP contribution < -0.4 is 0 Å². The number of hydrogen-bond acceptors (Lipinski definition) is 4. The summed E-state index contributed by atoms with van der Waals surface area (Å²) < 4.78 is 39.4. The van der Waals surface area contributed by atoms with Gasteiger partial charge in [0.25, 0.3) is 5.69 Å². The van der Waals surface area contributed by atoms with Crippen LogP contribution in [0.1, 0.15) is 17.5 Å². The van der Waals surface area contributed by atoms with Crippen molar-refractivity contribution in [3.8, 4) is 0 Å². The number of nitro benzene ring substituents is 1. The van der Waals surface area contributed by atoms with E-state index in [1.54, 1.807) is 0 Å². The van der Waals surface area contributed by atoms with Crippen LogP contribution in [0.5, 0.6) is 0 Å². The van der Waals surface area contributed by atoms with E-state index in [-0.39, 0.29) is 12.1 Å². The smallest absolute Gasteiger partial charge is 0.305 e. The number of alkyl halides is 3. The van der Waals surface area contributed by atoms with E-state index in [1.165, 1.54) is 6.07 Å². The molecule has 1 heterocycles. The van der Waals surface area contributed by atoms with E-state index in [2.05, 4.69) is 4.90 Å². The van der Waals surface area contributed by atoms with E-state index in [0.717, 1.165) is 19.0 Å². The molecule has 0 bridgehead atoms. The van der Waals surface area contributed by atoms with Crippen LogP contribution in [-0.4, -0.2) is 47.9 Å². The average molecular weight is 317 g/mol. The predicted molar refractivity (Wildman–Crippen MR) is 75.5 cm³/mol. The van der Waals surface area contributed by atoms with E-state index < -0.39 is 22.4 Å². The van der Waals surface area contributed by atoms with Gasteiger partial charge in [-0.2, -0.15) is 13.2 Å². The van der Waals surface area contributed by atoms with Crippen molar-refractivity contribution in [2.24, 2.45) is 0 Å². The lowest BCUT2D eigenvalue weighted by molar-refractivity contribution is -0.385. The summed E-state index contributed by atoms with van der Waals surface area (Å²) >= 11 is 0. The van der Waals surface area contributed by atoms with Crippen LogP contribution in [0.25, 0.3) is 0 Å². The molecule has 1 atom stereocenters. The Hall–Kier alpha value is -1.67. The van der Waals surface area contributed by atoms with Crippen LogP contribution >= 0.6 is 0 Å². The molecule has 1 aromatic carbocycles. The minimum absolute atomic E-state index is 0.0810. The molecule has 0 amide bonds. The maximum absolute atomic E-state index is 13.1. The fraction of sp³-hybridized carbons (Fsp3) is 0.571. The second-order valence-electron chi connectivity index (χ2n) is 5.74. The molecule has 0 spiro atoms. The monoisotopic (exact) mass is 317 g/mol. The number of rotatable bonds is 4. The van der Waals surface area contributed by atoms with Crippen LogP contribution in [0.2, 0.25) is 0 Å². The van der Waals surface area contributed by atoms with Gasteiger partial charge in [0.2, 0.25) is 0 Å². The molecule has 122 valence electrons. The summed E-state index contributed by atoms with van der Waals surface area (Å²) in [6, 6.07) is 3.29. The Kier molecular flexibility index (Phi) is 4.72. The molecule has 22 heavy (non-hydrogen) atoms. The van der Waals surface area contributed by atoms with Crippen molar-refractivity contribution in [2.75, 3.05) is 27.2 Å². The first-order chi connectivity index (χ1) is 10.2. The highest BCUT2D eigenvalue weighted by Gasteiger charge is 2.36. The first-order valence-electron chi connectivity index (χ1n) is 6.92. The Morgan fingerprint density at radius 2 is 2.09 bits per heavy atom. The van der Waals surface area contributed by atoms with E-state index in [9.17, 15) is 23.3 Å². The Morgan fingerprint density at radius 3 is 2.59 bits per heavy atom. The maximum Gasteiger partial charge on any atom is 0.416 e. The number of likely N-dealkylation sites (N-methyl/N-ethyl adjacent to an activating group) is 1. The minimum Gasteiger partial charge on any atom is -0.305 e. The number of nitro groups is 1. The highest BCUT2D eigenvalue weighted by atomic mass is 19.4. The molecule has 1 aromatic rings. The van der Waals surface area contributed by atoms with Crippen molar-refractivity contribution in [3.05, 3.63) is 39.4 Å². The summed E-state index contributed by atoms with van der Waals surface area (Å²) in [4.78, 5) is 13.9. The predicted octanol–water partition coefficient (Wildman–Crippen LogP) is 2.75. The number of likely N-dealkylation sites (tertiary alicyclic amines) is 1. The number of halogens is 3. The fourth-order valence-electron chi connectivity index (χ4n) is 2.70. The van der Waals surface area contributed by atoms with Gasteiger partial charge in [-0.3, -0.25) is 15.0 Å². The second-order valence-corrected chi connectivity index (χ2v) is 5.74. The quantitative estimate of drug-likeness (QED) is 0.633. The van der Waals surface area contributed by atoms with E-state index in [0.29, 0.717) is 18.7 Å². The van der Waals surface area contributed by atoms with Crippen molar-refractivity contribution in [1.29, 1.82) is 0 Å². The highest BCUT2D eigenvalue weighted by molar-refractivity contribution is 5.41. The molecule has 0 radical (unpaired) electrons. The summed E-state index contributed by atoms with van der Waals surface area (Å²) in [7, 11) is 3.89. The zero-order valence-electron chi connectivity index (χ0n) is 12.4. The van der Waals surface area contributed by atoms with Gasteiger partial charge in [-0.1, -0.05) is 6.07 Å². The third-order valence-corrected chi connectivity index (χ3v) is 3.98. The van der Waals surface area contributed by atoms with Gasteiger partial charge < -0.3 is 4.90 Å². The standard InChI is InChI=1S/C14H18F3N3O2/c1-18(2)12-5-6-19(9-12)8-10-3-4-11(20(21)22)7-13(10)14(15,16)17/h3-4,7,12H,5-6,8-9H2,1-2H3. The normalized spacial score (nSPS) is 19.8. The minimum atomic E-state index is -4.60. The van der Waals surface area contributed by atoms with E-state index >= 15 is 0 Å². The fourth-order valence-corrected chi connectivity index (χ4v) is 2.70. The average Bonchev–Trinajstić information content (AvgIpc) is 2.86. The number of benzene rings is 1. The molecule has 0 aliphatic carbocycles. The van der Waals surface area contributed by atoms with Gasteiger partial charge in [-0.25, -0.2) is 0 Å². The van der Waals surface area contributed by atoms with Crippen LogP contribution in [0.15, 0.2) is 18.2 Å². The zero-order valence-corrected chi connectivity index (χ0v) is 12.4. The molecule has 0 aromatic heterocycles. The summed E-state index contributed by atoms with van der Waals surface area (Å²) in [5, 5.41) is 10.7. The number of nitrogens with zero attached hydrogens (tertiary/aromatic N) is 3. The lowest BCUT2D eigenvalue weighted by Gasteiger charge is -2.21. The third-order valence-electron chi connectivity index (χ3n) is 3.98. The Labute approximate surface area is 126 Å². The van der Waals surface area contributed by atoms with Gasteiger partial charge in [-0.15, -0.1) is 0 Å². The Bertz CT molecular complexity index is 561. The van der Waals surface area contributed by atoms with Crippen LogP contribution in [0, 0.1) is 10.1 Å². The van der Waals surface area contributed by atoms with E-state index in [4.69, 9.17) is 0 Å². The van der Waals surface area contributed by atoms with E-state index in [1.807, 2.05) is 19.0 Å².